The number of carbonyl (C=O) groups is 1. The molecule has 1 fully saturated rings. The van der Waals surface area contributed by atoms with Crippen LogP contribution in [0.3, 0.4) is 0 Å². The van der Waals surface area contributed by atoms with E-state index >= 15 is 0 Å². The van der Waals surface area contributed by atoms with E-state index in [-0.39, 0.29) is 16.2 Å². The van der Waals surface area contributed by atoms with Crippen LogP contribution in [0.1, 0.15) is 29.6 Å². The molecule has 0 spiro atoms. The molecule has 1 aliphatic rings. The third-order valence-electron chi connectivity index (χ3n) is 4.34. The average molecular weight is 375 g/mol. The highest BCUT2D eigenvalue weighted by atomic mass is 32.2. The van der Waals surface area contributed by atoms with Gasteiger partial charge in [-0.25, -0.2) is 13.2 Å². The Morgan fingerprint density at radius 2 is 1.73 bits per heavy atom. The van der Waals surface area contributed by atoms with E-state index in [0.717, 1.165) is 38.6 Å². The Bertz CT molecular complexity index is 903. The number of anilines is 1. The lowest BCUT2D eigenvalue weighted by Crippen LogP contribution is -2.30. The maximum atomic E-state index is 12.4. The van der Waals surface area contributed by atoms with Crippen LogP contribution in [0.4, 0.5) is 5.69 Å². The summed E-state index contributed by atoms with van der Waals surface area (Å²) in [5, 5.41) is 9.42. The number of rotatable bonds is 5. The van der Waals surface area contributed by atoms with Crippen LogP contribution in [0.5, 0.6) is 11.5 Å². The molecule has 1 saturated heterocycles. The molecule has 1 N–H and O–H groups in total. The highest BCUT2D eigenvalue weighted by molar-refractivity contribution is 7.90. The van der Waals surface area contributed by atoms with Crippen molar-refractivity contribution in [2.24, 2.45) is 0 Å². The van der Waals surface area contributed by atoms with Crippen LogP contribution in [0.15, 0.2) is 47.4 Å². The smallest absolute Gasteiger partial charge is 0.335 e. The fourth-order valence-corrected chi connectivity index (χ4v) is 3.89. The maximum absolute atomic E-state index is 12.4. The van der Waals surface area contributed by atoms with Crippen molar-refractivity contribution >= 4 is 21.5 Å². The van der Waals surface area contributed by atoms with Crippen molar-refractivity contribution in [3.63, 3.8) is 0 Å². The summed E-state index contributed by atoms with van der Waals surface area (Å²) < 4.78 is 30.7. The minimum Gasteiger partial charge on any atom is -0.478 e. The molecule has 0 amide bonds. The summed E-state index contributed by atoms with van der Waals surface area (Å²) in [5.41, 5.74) is 0.445. The SMILES string of the molecule is CS(=O)(=O)c1cc(C(=O)O)cc(N2CCCCC2)c1Oc1ccccc1. The van der Waals surface area contributed by atoms with E-state index < -0.39 is 15.8 Å². The molecule has 0 unspecified atom stereocenters. The number of benzene rings is 2. The van der Waals surface area contributed by atoms with E-state index in [1.165, 1.54) is 12.1 Å². The first-order valence-corrected chi connectivity index (χ1v) is 10.3. The Morgan fingerprint density at radius 1 is 1.08 bits per heavy atom. The molecule has 0 aliphatic carbocycles. The van der Waals surface area contributed by atoms with Gasteiger partial charge in [0.1, 0.15) is 10.6 Å². The van der Waals surface area contributed by atoms with Crippen molar-refractivity contribution in [1.29, 1.82) is 0 Å². The van der Waals surface area contributed by atoms with E-state index in [1.54, 1.807) is 24.3 Å². The van der Waals surface area contributed by atoms with Gasteiger partial charge >= 0.3 is 5.97 Å². The van der Waals surface area contributed by atoms with Gasteiger partial charge in [-0.3, -0.25) is 0 Å². The van der Waals surface area contributed by atoms with Crippen molar-refractivity contribution in [3.8, 4) is 11.5 Å². The number of aromatic carboxylic acids is 1. The quantitative estimate of drug-likeness (QED) is 0.860. The molecule has 0 aromatic heterocycles. The Morgan fingerprint density at radius 3 is 2.31 bits per heavy atom. The van der Waals surface area contributed by atoms with E-state index in [1.807, 2.05) is 11.0 Å². The lowest BCUT2D eigenvalue weighted by molar-refractivity contribution is 0.0696. The van der Waals surface area contributed by atoms with E-state index in [4.69, 9.17) is 4.74 Å². The van der Waals surface area contributed by atoms with Gasteiger partial charge < -0.3 is 14.7 Å². The predicted octanol–water partition coefficient (Wildman–Crippen LogP) is 3.57. The van der Waals surface area contributed by atoms with Gasteiger partial charge in [0.15, 0.2) is 15.6 Å². The van der Waals surface area contributed by atoms with Crippen LogP contribution in [-0.2, 0) is 9.84 Å². The number of para-hydroxylation sites is 1. The number of hydrogen-bond acceptors (Lipinski definition) is 5. The summed E-state index contributed by atoms with van der Waals surface area (Å²) >= 11 is 0. The highest BCUT2D eigenvalue weighted by Crippen LogP contribution is 2.40. The number of piperidine rings is 1. The van der Waals surface area contributed by atoms with E-state index in [9.17, 15) is 18.3 Å². The molecule has 0 saturated carbocycles. The van der Waals surface area contributed by atoms with Crippen molar-refractivity contribution in [2.45, 2.75) is 24.2 Å². The van der Waals surface area contributed by atoms with Gasteiger partial charge in [-0.1, -0.05) is 18.2 Å². The van der Waals surface area contributed by atoms with Crippen LogP contribution in [0, 0.1) is 0 Å². The fourth-order valence-electron chi connectivity index (χ4n) is 3.07. The summed E-state index contributed by atoms with van der Waals surface area (Å²) in [7, 11) is -3.69. The fraction of sp³-hybridized carbons (Fsp3) is 0.316. The second kappa shape index (κ2) is 7.37. The lowest BCUT2D eigenvalue weighted by atomic mass is 10.1. The summed E-state index contributed by atoms with van der Waals surface area (Å²) in [6.07, 6.45) is 4.10. The van der Waals surface area contributed by atoms with Crippen LogP contribution < -0.4 is 9.64 Å². The maximum Gasteiger partial charge on any atom is 0.335 e. The number of ether oxygens (including phenoxy) is 1. The minimum atomic E-state index is -3.69. The number of carboxylic acids is 1. The highest BCUT2D eigenvalue weighted by Gasteiger charge is 2.26. The van der Waals surface area contributed by atoms with Crippen LogP contribution in [0.2, 0.25) is 0 Å². The van der Waals surface area contributed by atoms with Crippen molar-refractivity contribution < 1.29 is 23.1 Å². The molecule has 2 aromatic carbocycles. The van der Waals surface area contributed by atoms with E-state index in [0.29, 0.717) is 11.4 Å². The summed E-state index contributed by atoms with van der Waals surface area (Å²) in [5.74, 6) is -0.483. The molecule has 1 heterocycles. The summed E-state index contributed by atoms with van der Waals surface area (Å²) in [6.45, 7) is 1.47. The van der Waals surface area contributed by atoms with Gasteiger partial charge in [0.25, 0.3) is 0 Å². The lowest BCUT2D eigenvalue weighted by Gasteiger charge is -2.31. The average Bonchev–Trinajstić information content (AvgIpc) is 2.62. The molecule has 1 aliphatic heterocycles. The molecule has 138 valence electrons. The van der Waals surface area contributed by atoms with Crippen LogP contribution >= 0.6 is 0 Å². The molecule has 0 bridgehead atoms. The van der Waals surface area contributed by atoms with Crippen molar-refractivity contribution in [1.82, 2.24) is 0 Å². The second-order valence-corrected chi connectivity index (χ2v) is 8.35. The molecule has 6 nitrogen and oxygen atoms in total. The van der Waals surface area contributed by atoms with Gasteiger partial charge in [-0.2, -0.15) is 0 Å². The third kappa shape index (κ3) is 3.99. The predicted molar refractivity (Wildman–Crippen MR) is 99.1 cm³/mol. The number of sulfone groups is 1. The van der Waals surface area contributed by atoms with Gasteiger partial charge in [-0.05, 0) is 43.5 Å². The second-order valence-electron chi connectivity index (χ2n) is 6.36. The molecular weight excluding hydrogens is 354 g/mol. The molecule has 3 rings (SSSR count). The number of carboxylic acid groups (broad SMARTS) is 1. The third-order valence-corrected chi connectivity index (χ3v) is 5.44. The van der Waals surface area contributed by atoms with Crippen molar-refractivity contribution in [3.05, 3.63) is 48.0 Å². The zero-order valence-electron chi connectivity index (χ0n) is 14.5. The molecule has 7 heteroatoms. The molecule has 26 heavy (non-hydrogen) atoms. The normalized spacial score (nSPS) is 14.9. The largest absolute Gasteiger partial charge is 0.478 e. The molecule has 2 aromatic rings. The Hall–Kier alpha value is -2.54. The molecule has 0 radical (unpaired) electrons. The number of hydrogen-bond donors (Lipinski definition) is 1. The van der Waals surface area contributed by atoms with Gasteiger partial charge in [0.05, 0.1) is 11.3 Å². The molecule has 0 atom stereocenters. The minimum absolute atomic E-state index is 0.0635. The van der Waals surface area contributed by atoms with E-state index in [2.05, 4.69) is 0 Å². The Balaban J connectivity index is 2.20. The number of nitrogens with zero attached hydrogens (tertiary/aromatic N) is 1. The molecular formula is C19H21NO5S. The van der Waals surface area contributed by atoms with Gasteiger partial charge in [0, 0.05) is 19.3 Å². The van der Waals surface area contributed by atoms with Crippen LogP contribution in [-0.4, -0.2) is 38.8 Å². The Labute approximate surface area is 152 Å². The zero-order chi connectivity index (χ0) is 18.7. The zero-order valence-corrected chi connectivity index (χ0v) is 15.3. The summed E-state index contributed by atoms with van der Waals surface area (Å²) in [4.78, 5) is 13.4. The first kappa shape index (κ1) is 18.3. The van der Waals surface area contributed by atoms with Gasteiger partial charge in [0.2, 0.25) is 0 Å². The standard InChI is InChI=1S/C19H21NO5S/c1-26(23,24)17-13-14(19(21)22)12-16(20-10-6-3-7-11-20)18(17)25-15-8-4-2-5-9-15/h2,4-5,8-9,12-13H,3,6-7,10-11H2,1H3,(H,21,22). The first-order chi connectivity index (χ1) is 12.4. The van der Waals surface area contributed by atoms with Crippen molar-refractivity contribution in [2.75, 3.05) is 24.2 Å². The Kier molecular flexibility index (Phi) is 5.18. The topological polar surface area (TPSA) is 83.9 Å². The van der Waals surface area contributed by atoms with Crippen LogP contribution in [0.25, 0.3) is 0 Å². The monoisotopic (exact) mass is 375 g/mol. The first-order valence-electron chi connectivity index (χ1n) is 8.45. The summed E-state index contributed by atoms with van der Waals surface area (Å²) in [6, 6.07) is 11.6. The van der Waals surface area contributed by atoms with Gasteiger partial charge in [-0.15, -0.1) is 0 Å².